The molecule has 96 valence electrons. The molecule has 0 aliphatic heterocycles. The molecule has 2 nitrogen and oxygen atoms in total. The number of alkyl halides is 1. The van der Waals surface area contributed by atoms with E-state index < -0.39 is 0 Å². The first-order valence-electron chi connectivity index (χ1n) is 6.36. The van der Waals surface area contributed by atoms with Gasteiger partial charge in [0.2, 0.25) is 0 Å². The highest BCUT2D eigenvalue weighted by molar-refractivity contribution is 6.20. The summed E-state index contributed by atoms with van der Waals surface area (Å²) < 4.78 is 0. The van der Waals surface area contributed by atoms with Crippen molar-refractivity contribution in [3.63, 3.8) is 0 Å². The summed E-state index contributed by atoms with van der Waals surface area (Å²) in [6, 6.07) is 10.3. The molecule has 0 saturated heterocycles. The summed E-state index contributed by atoms with van der Waals surface area (Å²) in [5.41, 5.74) is 2.30. The van der Waals surface area contributed by atoms with Crippen LogP contribution in [0.15, 0.2) is 36.5 Å². The summed E-state index contributed by atoms with van der Waals surface area (Å²) in [6.07, 6.45) is 1.84. The van der Waals surface area contributed by atoms with Crippen LogP contribution in [0, 0.1) is 5.92 Å². The molecule has 0 fully saturated rings. The van der Waals surface area contributed by atoms with Gasteiger partial charge < -0.3 is 5.32 Å². The Bertz CT molecular complexity index is 505. The van der Waals surface area contributed by atoms with Crippen LogP contribution in [0.2, 0.25) is 0 Å². The van der Waals surface area contributed by atoms with E-state index in [0.29, 0.717) is 5.92 Å². The van der Waals surface area contributed by atoms with Crippen LogP contribution in [0.3, 0.4) is 0 Å². The van der Waals surface area contributed by atoms with Crippen LogP contribution in [0.4, 0.5) is 0 Å². The lowest BCUT2D eigenvalue weighted by Crippen LogP contribution is -2.26. The second kappa shape index (κ2) is 6.17. The maximum absolute atomic E-state index is 6.22. The Labute approximate surface area is 113 Å². The maximum Gasteiger partial charge on any atom is 0.0746 e. The van der Waals surface area contributed by atoms with E-state index in [1.807, 2.05) is 12.3 Å². The second-order valence-electron chi connectivity index (χ2n) is 4.88. The summed E-state index contributed by atoms with van der Waals surface area (Å²) in [6.45, 7) is 5.91. The lowest BCUT2D eigenvalue weighted by molar-refractivity contribution is 0.546. The first-order chi connectivity index (χ1) is 8.68. The molecule has 1 atom stereocenters. The number of para-hydroxylation sites is 1. The zero-order chi connectivity index (χ0) is 13.0. The fourth-order valence-electron chi connectivity index (χ4n) is 1.89. The zero-order valence-corrected chi connectivity index (χ0v) is 11.6. The third-order valence-electron chi connectivity index (χ3n) is 3.09. The van der Waals surface area contributed by atoms with E-state index in [-0.39, 0.29) is 5.38 Å². The van der Waals surface area contributed by atoms with Crippen molar-refractivity contribution < 1.29 is 0 Å². The van der Waals surface area contributed by atoms with E-state index >= 15 is 0 Å². The maximum atomic E-state index is 6.22. The Morgan fingerprint density at radius 3 is 2.78 bits per heavy atom. The quantitative estimate of drug-likeness (QED) is 0.833. The van der Waals surface area contributed by atoms with Crippen LogP contribution in [0.25, 0.3) is 10.9 Å². The fraction of sp³-hybridized carbons (Fsp3) is 0.400. The van der Waals surface area contributed by atoms with Crippen molar-refractivity contribution in [3.8, 4) is 0 Å². The van der Waals surface area contributed by atoms with Crippen molar-refractivity contribution in [2.45, 2.75) is 25.8 Å². The molecule has 0 aliphatic rings. The summed E-state index contributed by atoms with van der Waals surface area (Å²) in [5, 5.41) is 4.76. The molecule has 1 unspecified atom stereocenters. The number of benzene rings is 1. The number of nitrogens with one attached hydrogen (secondary N) is 1. The minimum absolute atomic E-state index is 0.174. The Balaban J connectivity index is 2.04. The van der Waals surface area contributed by atoms with Crippen molar-refractivity contribution in [3.05, 3.63) is 42.1 Å². The van der Waals surface area contributed by atoms with Gasteiger partial charge in [-0.2, -0.15) is 0 Å². The normalized spacial score (nSPS) is 13.1. The molecular formula is C15H19ClN2. The summed E-state index contributed by atoms with van der Waals surface area (Å²) in [5.74, 6) is 0.491. The Morgan fingerprint density at radius 2 is 2.00 bits per heavy atom. The Morgan fingerprint density at radius 1 is 1.22 bits per heavy atom. The largest absolute Gasteiger partial charge is 0.311 e. The molecule has 3 heteroatoms. The Hall–Kier alpha value is -1.12. The van der Waals surface area contributed by atoms with Crippen molar-refractivity contribution in [2.24, 2.45) is 5.92 Å². The smallest absolute Gasteiger partial charge is 0.0746 e. The van der Waals surface area contributed by atoms with Crippen molar-refractivity contribution in [1.29, 1.82) is 0 Å². The first-order valence-corrected chi connectivity index (χ1v) is 6.79. The van der Waals surface area contributed by atoms with Gasteiger partial charge in [0.05, 0.1) is 5.52 Å². The van der Waals surface area contributed by atoms with Gasteiger partial charge in [0.1, 0.15) is 0 Å². The second-order valence-corrected chi connectivity index (χ2v) is 5.44. The molecule has 2 rings (SSSR count). The van der Waals surface area contributed by atoms with Crippen molar-refractivity contribution in [2.75, 3.05) is 6.54 Å². The van der Waals surface area contributed by atoms with Crippen LogP contribution in [-0.2, 0) is 6.54 Å². The fourth-order valence-corrected chi connectivity index (χ4v) is 2.00. The predicted molar refractivity (Wildman–Crippen MR) is 77.9 cm³/mol. The number of hydrogen-bond donors (Lipinski definition) is 1. The van der Waals surface area contributed by atoms with Crippen LogP contribution < -0.4 is 5.32 Å². The molecule has 1 aromatic carbocycles. The molecule has 0 saturated carbocycles. The SMILES string of the molecule is CC(C)C(Cl)CNCc1cccc2cccnc12. The third kappa shape index (κ3) is 3.21. The van der Waals surface area contributed by atoms with Crippen LogP contribution in [0.1, 0.15) is 19.4 Å². The summed E-state index contributed by atoms with van der Waals surface area (Å²) in [7, 11) is 0. The van der Waals surface area contributed by atoms with Crippen LogP contribution in [-0.4, -0.2) is 16.9 Å². The van der Waals surface area contributed by atoms with E-state index in [0.717, 1.165) is 18.6 Å². The van der Waals surface area contributed by atoms with Crippen molar-refractivity contribution in [1.82, 2.24) is 10.3 Å². The number of aromatic nitrogens is 1. The van der Waals surface area contributed by atoms with Gasteiger partial charge in [-0.15, -0.1) is 11.6 Å². The lowest BCUT2D eigenvalue weighted by atomic mass is 10.1. The average Bonchev–Trinajstić information content (AvgIpc) is 2.38. The Kier molecular flexibility index (Phi) is 4.56. The van der Waals surface area contributed by atoms with E-state index in [1.54, 1.807) is 0 Å². The predicted octanol–water partition coefficient (Wildman–Crippen LogP) is 3.59. The monoisotopic (exact) mass is 262 g/mol. The van der Waals surface area contributed by atoms with Gasteiger partial charge in [-0.3, -0.25) is 4.98 Å². The molecule has 2 aromatic rings. The molecule has 1 heterocycles. The number of rotatable bonds is 5. The minimum atomic E-state index is 0.174. The molecule has 0 bridgehead atoms. The topological polar surface area (TPSA) is 24.9 Å². The van der Waals surface area contributed by atoms with Crippen molar-refractivity contribution >= 4 is 22.5 Å². The molecule has 0 aliphatic carbocycles. The molecular weight excluding hydrogens is 244 g/mol. The number of fused-ring (bicyclic) bond motifs is 1. The van der Waals surface area contributed by atoms with Crippen LogP contribution >= 0.6 is 11.6 Å². The highest BCUT2D eigenvalue weighted by Gasteiger charge is 2.09. The zero-order valence-electron chi connectivity index (χ0n) is 10.9. The van der Waals surface area contributed by atoms with Gasteiger partial charge >= 0.3 is 0 Å². The lowest BCUT2D eigenvalue weighted by Gasteiger charge is -2.14. The average molecular weight is 263 g/mol. The third-order valence-corrected chi connectivity index (χ3v) is 3.75. The number of hydrogen-bond acceptors (Lipinski definition) is 2. The summed E-state index contributed by atoms with van der Waals surface area (Å²) in [4.78, 5) is 4.44. The molecule has 0 radical (unpaired) electrons. The number of pyridine rings is 1. The highest BCUT2D eigenvalue weighted by Crippen LogP contribution is 2.16. The molecule has 18 heavy (non-hydrogen) atoms. The van der Waals surface area contributed by atoms with Gasteiger partial charge in [0.15, 0.2) is 0 Å². The van der Waals surface area contributed by atoms with Gasteiger partial charge in [-0.25, -0.2) is 0 Å². The van der Waals surface area contributed by atoms with Gasteiger partial charge in [-0.1, -0.05) is 38.1 Å². The van der Waals surface area contributed by atoms with E-state index in [2.05, 4.69) is 48.4 Å². The van der Waals surface area contributed by atoms with E-state index in [1.165, 1.54) is 10.9 Å². The van der Waals surface area contributed by atoms with E-state index in [9.17, 15) is 0 Å². The van der Waals surface area contributed by atoms with Gasteiger partial charge in [0.25, 0.3) is 0 Å². The van der Waals surface area contributed by atoms with E-state index in [4.69, 9.17) is 11.6 Å². The molecule has 0 amide bonds. The standard InChI is InChI=1S/C15H19ClN2/c1-11(2)14(16)10-17-9-13-6-3-5-12-7-4-8-18-15(12)13/h3-8,11,14,17H,9-10H2,1-2H3. The molecule has 1 aromatic heterocycles. The number of nitrogens with zero attached hydrogens (tertiary/aromatic N) is 1. The van der Waals surface area contributed by atoms with Crippen LogP contribution in [0.5, 0.6) is 0 Å². The highest BCUT2D eigenvalue weighted by atomic mass is 35.5. The summed E-state index contributed by atoms with van der Waals surface area (Å²) >= 11 is 6.22. The minimum Gasteiger partial charge on any atom is -0.311 e. The number of halogens is 1. The first kappa shape index (κ1) is 13.3. The molecule has 0 spiro atoms. The van der Waals surface area contributed by atoms with Gasteiger partial charge in [-0.05, 0) is 17.5 Å². The van der Waals surface area contributed by atoms with Gasteiger partial charge in [0, 0.05) is 30.0 Å². The molecule has 1 N–H and O–H groups in total.